The number of rotatable bonds is 5. The highest BCUT2D eigenvalue weighted by molar-refractivity contribution is 6.74. The number of hydrogen-bond donors (Lipinski definition) is 0. The Kier molecular flexibility index (Phi) is 8.45. The van der Waals surface area contributed by atoms with E-state index in [-0.39, 0.29) is 29.6 Å². The number of pyridine rings is 1. The van der Waals surface area contributed by atoms with Crippen LogP contribution in [0.2, 0.25) is 18.1 Å². The van der Waals surface area contributed by atoms with E-state index in [0.717, 1.165) is 30.9 Å². The zero-order chi connectivity index (χ0) is 26.9. The zero-order valence-electron chi connectivity index (χ0n) is 23.6. The van der Waals surface area contributed by atoms with Gasteiger partial charge in [0.25, 0.3) is 0 Å². The third-order valence-electron chi connectivity index (χ3n) is 7.70. The second-order valence-electron chi connectivity index (χ2n) is 12.6. The van der Waals surface area contributed by atoms with Crippen molar-refractivity contribution >= 4 is 26.2 Å². The van der Waals surface area contributed by atoms with Crippen LogP contribution in [0.3, 0.4) is 0 Å². The minimum atomic E-state index is -1.81. The zero-order valence-corrected chi connectivity index (χ0v) is 24.6. The third kappa shape index (κ3) is 6.79. The van der Waals surface area contributed by atoms with Crippen molar-refractivity contribution in [1.29, 1.82) is 0 Å². The van der Waals surface area contributed by atoms with Crippen LogP contribution in [0.25, 0.3) is 0 Å². The van der Waals surface area contributed by atoms with Gasteiger partial charge in [0.2, 0.25) is 0 Å². The molecule has 1 aromatic heterocycles. The predicted molar refractivity (Wildman–Crippen MR) is 144 cm³/mol. The number of methoxy groups -OCH3 is 1. The van der Waals surface area contributed by atoms with Crippen LogP contribution in [-0.2, 0) is 18.7 Å². The molecule has 0 radical (unpaired) electrons. The Bertz CT molecular complexity index is 923. The maximum absolute atomic E-state index is 12.7. The quantitative estimate of drug-likeness (QED) is 0.391. The summed E-state index contributed by atoms with van der Waals surface area (Å²) in [6, 6.07) is 4.10. The Labute approximate surface area is 217 Å². The van der Waals surface area contributed by atoms with Crippen LogP contribution < -0.4 is 4.90 Å². The normalized spacial score (nSPS) is 23.5. The van der Waals surface area contributed by atoms with E-state index < -0.39 is 25.9 Å². The molecule has 2 aliphatic heterocycles. The van der Waals surface area contributed by atoms with Crippen LogP contribution in [0.4, 0.5) is 10.6 Å². The summed E-state index contributed by atoms with van der Waals surface area (Å²) in [7, 11) is -0.417. The van der Waals surface area contributed by atoms with E-state index in [1.54, 1.807) is 4.90 Å². The Balaban J connectivity index is 1.67. The first-order valence-corrected chi connectivity index (χ1v) is 16.0. The first kappa shape index (κ1) is 28.4. The molecule has 1 aromatic rings. The number of hydrogen-bond acceptors (Lipinski definition) is 7. The van der Waals surface area contributed by atoms with Gasteiger partial charge in [-0.1, -0.05) is 26.8 Å². The smallest absolute Gasteiger partial charge is 0.410 e. The van der Waals surface area contributed by atoms with Crippen LogP contribution in [0.15, 0.2) is 18.3 Å². The van der Waals surface area contributed by atoms with E-state index in [0.29, 0.717) is 13.0 Å². The Morgan fingerprint density at radius 1 is 1.03 bits per heavy atom. The van der Waals surface area contributed by atoms with Crippen molar-refractivity contribution in [2.45, 2.75) is 90.1 Å². The van der Waals surface area contributed by atoms with Crippen molar-refractivity contribution in [3.05, 3.63) is 23.9 Å². The highest BCUT2D eigenvalue weighted by Crippen LogP contribution is 2.39. The predicted octanol–water partition coefficient (Wildman–Crippen LogP) is 5.20. The lowest BCUT2D eigenvalue weighted by atomic mass is 9.81. The molecule has 8 nitrogen and oxygen atoms in total. The van der Waals surface area contributed by atoms with Gasteiger partial charge in [0, 0.05) is 38.3 Å². The SMILES string of the molecule is COC(=O)[C@H]1CN(C(=O)OC(C)(C)C)CC[C@@H]1c1ccc(N2CC[C@H](O[Si](C)(C)C(C)(C)C)C2)nc1. The highest BCUT2D eigenvalue weighted by atomic mass is 28.4. The molecule has 3 heterocycles. The van der Waals surface area contributed by atoms with Crippen molar-refractivity contribution in [2.75, 3.05) is 38.2 Å². The molecule has 0 saturated carbocycles. The molecule has 2 aliphatic rings. The maximum atomic E-state index is 12.7. The molecule has 2 fully saturated rings. The number of aromatic nitrogens is 1. The van der Waals surface area contributed by atoms with Gasteiger partial charge >= 0.3 is 12.1 Å². The van der Waals surface area contributed by atoms with Crippen molar-refractivity contribution in [2.24, 2.45) is 5.92 Å². The van der Waals surface area contributed by atoms with Crippen molar-refractivity contribution in [3.8, 4) is 0 Å². The van der Waals surface area contributed by atoms with Gasteiger partial charge in [0.15, 0.2) is 8.32 Å². The summed E-state index contributed by atoms with van der Waals surface area (Å²) in [5.41, 5.74) is 0.407. The summed E-state index contributed by atoms with van der Waals surface area (Å²) in [5.74, 6) is 0.0902. The molecule has 3 rings (SSSR count). The summed E-state index contributed by atoms with van der Waals surface area (Å²) in [5, 5.41) is 0.190. The van der Waals surface area contributed by atoms with E-state index in [2.05, 4.69) is 44.8 Å². The average molecular weight is 520 g/mol. The summed E-state index contributed by atoms with van der Waals surface area (Å²) < 4.78 is 17.2. The van der Waals surface area contributed by atoms with E-state index in [9.17, 15) is 9.59 Å². The number of piperidine rings is 1. The molecule has 2 saturated heterocycles. The van der Waals surface area contributed by atoms with Gasteiger partial charge in [-0.05, 0) is 63.4 Å². The summed E-state index contributed by atoms with van der Waals surface area (Å²) in [4.78, 5) is 33.9. The minimum Gasteiger partial charge on any atom is -0.469 e. The standard InChI is InChI=1S/C27H45N3O5Si/c1-26(2,3)34-25(32)30-15-13-21(22(18-30)24(31)33-7)19-10-11-23(28-16-19)29-14-12-20(17-29)35-36(8,9)27(4,5)6/h10-11,16,20-22H,12-15,17-18H2,1-9H3/t20-,21+,22-/m0/s1. The molecule has 1 amide bonds. The Hall–Kier alpha value is -2.13. The van der Waals surface area contributed by atoms with Crippen LogP contribution in [0.5, 0.6) is 0 Å². The van der Waals surface area contributed by atoms with Crippen LogP contribution in [0.1, 0.15) is 65.9 Å². The molecular formula is C27H45N3O5Si. The number of anilines is 1. The molecule has 0 aromatic carbocycles. The first-order valence-electron chi connectivity index (χ1n) is 13.1. The van der Waals surface area contributed by atoms with Gasteiger partial charge in [0.1, 0.15) is 11.4 Å². The second-order valence-corrected chi connectivity index (χ2v) is 17.4. The highest BCUT2D eigenvalue weighted by Gasteiger charge is 2.41. The molecule has 202 valence electrons. The number of likely N-dealkylation sites (tertiary alicyclic amines) is 1. The lowest BCUT2D eigenvalue weighted by Gasteiger charge is -2.38. The topological polar surface area (TPSA) is 81.2 Å². The van der Waals surface area contributed by atoms with Gasteiger partial charge in [0.05, 0.1) is 19.1 Å². The largest absolute Gasteiger partial charge is 0.469 e. The molecule has 0 bridgehead atoms. The van der Waals surface area contributed by atoms with Gasteiger partial charge in [-0.3, -0.25) is 4.79 Å². The molecule has 3 atom stereocenters. The number of amides is 1. The van der Waals surface area contributed by atoms with Crippen LogP contribution in [-0.4, -0.2) is 75.3 Å². The van der Waals surface area contributed by atoms with E-state index in [1.165, 1.54) is 7.11 Å². The lowest BCUT2D eigenvalue weighted by molar-refractivity contribution is -0.148. The number of esters is 1. The van der Waals surface area contributed by atoms with Crippen LogP contribution in [0, 0.1) is 5.92 Å². The van der Waals surface area contributed by atoms with E-state index in [4.69, 9.17) is 18.9 Å². The fraction of sp³-hybridized carbons (Fsp3) is 0.741. The van der Waals surface area contributed by atoms with Gasteiger partial charge in [-0.15, -0.1) is 0 Å². The number of carbonyl (C=O) groups is 2. The molecule has 0 unspecified atom stereocenters. The molecule has 36 heavy (non-hydrogen) atoms. The molecule has 0 N–H and O–H groups in total. The van der Waals surface area contributed by atoms with Crippen molar-refractivity contribution in [1.82, 2.24) is 9.88 Å². The number of ether oxygens (including phenoxy) is 2. The molecule has 0 spiro atoms. The lowest BCUT2D eigenvalue weighted by Crippen LogP contribution is -2.47. The van der Waals surface area contributed by atoms with Crippen molar-refractivity contribution < 1.29 is 23.5 Å². The van der Waals surface area contributed by atoms with Crippen molar-refractivity contribution in [3.63, 3.8) is 0 Å². The fourth-order valence-corrected chi connectivity index (χ4v) is 6.04. The maximum Gasteiger partial charge on any atom is 0.410 e. The van der Waals surface area contributed by atoms with Crippen LogP contribution >= 0.6 is 0 Å². The Morgan fingerprint density at radius 2 is 1.72 bits per heavy atom. The average Bonchev–Trinajstić information content (AvgIpc) is 3.24. The molecule has 0 aliphatic carbocycles. The van der Waals surface area contributed by atoms with E-state index in [1.807, 2.05) is 33.0 Å². The molecule has 9 heteroatoms. The molecular weight excluding hydrogens is 474 g/mol. The summed E-state index contributed by atoms with van der Waals surface area (Å²) in [6.07, 6.45) is 3.36. The minimum absolute atomic E-state index is 0.0640. The van der Waals surface area contributed by atoms with Gasteiger partial charge < -0.3 is 23.7 Å². The third-order valence-corrected chi connectivity index (χ3v) is 12.2. The Morgan fingerprint density at radius 3 is 2.28 bits per heavy atom. The first-order chi connectivity index (χ1) is 16.6. The summed E-state index contributed by atoms with van der Waals surface area (Å²) in [6.45, 7) is 19.5. The van der Waals surface area contributed by atoms with E-state index >= 15 is 0 Å². The monoisotopic (exact) mass is 519 g/mol. The van der Waals surface area contributed by atoms with Gasteiger partial charge in [-0.25, -0.2) is 9.78 Å². The second kappa shape index (κ2) is 10.7. The number of nitrogens with zero attached hydrogens (tertiary/aromatic N) is 3. The fourth-order valence-electron chi connectivity index (χ4n) is 4.66. The van der Waals surface area contributed by atoms with Gasteiger partial charge in [-0.2, -0.15) is 0 Å². The number of carbonyl (C=O) groups excluding carboxylic acids is 2. The summed E-state index contributed by atoms with van der Waals surface area (Å²) >= 11 is 0.